The predicted molar refractivity (Wildman–Crippen MR) is 72.7 cm³/mol. The van der Waals surface area contributed by atoms with Crippen molar-refractivity contribution in [2.75, 3.05) is 7.11 Å². The summed E-state index contributed by atoms with van der Waals surface area (Å²) in [6, 6.07) is 8.14. The molecule has 0 radical (unpaired) electrons. The van der Waals surface area contributed by atoms with Crippen molar-refractivity contribution in [3.8, 4) is 5.75 Å². The Morgan fingerprint density at radius 3 is 2.72 bits per heavy atom. The molecule has 1 atom stereocenters. The zero-order chi connectivity index (χ0) is 13.1. The standard InChI is InChI=1S/C14H16FNOS/c1-3-10-5-7-13(18-10)14(16)11-8-9(15)4-6-12(11)17-2/h4-8,14H,3,16H2,1-2H3. The second-order valence-corrected chi connectivity index (χ2v) is 5.22. The quantitative estimate of drug-likeness (QED) is 0.918. The number of aryl methyl sites for hydroxylation is 1. The van der Waals surface area contributed by atoms with Gasteiger partial charge < -0.3 is 10.5 Å². The summed E-state index contributed by atoms with van der Waals surface area (Å²) < 4.78 is 18.6. The Kier molecular flexibility index (Phi) is 3.99. The van der Waals surface area contributed by atoms with Crippen LogP contribution in [0.4, 0.5) is 4.39 Å². The molecule has 0 aliphatic heterocycles. The van der Waals surface area contributed by atoms with Gasteiger partial charge >= 0.3 is 0 Å². The molecule has 0 aliphatic carbocycles. The average Bonchev–Trinajstić information content (AvgIpc) is 2.86. The van der Waals surface area contributed by atoms with Gasteiger partial charge in [0.15, 0.2) is 0 Å². The van der Waals surface area contributed by atoms with Gasteiger partial charge in [0.1, 0.15) is 11.6 Å². The first-order valence-electron chi connectivity index (χ1n) is 5.83. The zero-order valence-electron chi connectivity index (χ0n) is 10.4. The fraction of sp³-hybridized carbons (Fsp3) is 0.286. The van der Waals surface area contributed by atoms with E-state index in [0.29, 0.717) is 11.3 Å². The summed E-state index contributed by atoms with van der Waals surface area (Å²) >= 11 is 1.66. The highest BCUT2D eigenvalue weighted by atomic mass is 32.1. The molecule has 1 aromatic carbocycles. The van der Waals surface area contributed by atoms with Crippen molar-refractivity contribution in [3.63, 3.8) is 0 Å². The molecule has 1 heterocycles. The lowest BCUT2D eigenvalue weighted by molar-refractivity contribution is 0.406. The maximum atomic E-state index is 13.3. The first-order valence-corrected chi connectivity index (χ1v) is 6.65. The van der Waals surface area contributed by atoms with E-state index in [4.69, 9.17) is 10.5 Å². The summed E-state index contributed by atoms with van der Waals surface area (Å²) in [5.41, 5.74) is 6.88. The molecule has 2 N–H and O–H groups in total. The molecule has 2 aromatic rings. The lowest BCUT2D eigenvalue weighted by Crippen LogP contribution is -2.12. The molecular weight excluding hydrogens is 249 g/mol. The van der Waals surface area contributed by atoms with Crippen molar-refractivity contribution in [1.82, 2.24) is 0 Å². The van der Waals surface area contributed by atoms with Crippen LogP contribution in [0.15, 0.2) is 30.3 Å². The van der Waals surface area contributed by atoms with Gasteiger partial charge in [0, 0.05) is 15.3 Å². The molecule has 96 valence electrons. The van der Waals surface area contributed by atoms with Crippen LogP contribution in [0.3, 0.4) is 0 Å². The van der Waals surface area contributed by atoms with Crippen molar-refractivity contribution in [3.05, 3.63) is 51.5 Å². The maximum absolute atomic E-state index is 13.3. The second kappa shape index (κ2) is 5.50. The highest BCUT2D eigenvalue weighted by molar-refractivity contribution is 7.12. The van der Waals surface area contributed by atoms with E-state index in [0.717, 1.165) is 11.3 Å². The summed E-state index contributed by atoms with van der Waals surface area (Å²) in [4.78, 5) is 2.30. The number of hydrogen-bond donors (Lipinski definition) is 1. The Hall–Kier alpha value is -1.39. The van der Waals surface area contributed by atoms with E-state index in [-0.39, 0.29) is 11.9 Å². The van der Waals surface area contributed by atoms with Crippen molar-refractivity contribution < 1.29 is 9.13 Å². The number of nitrogens with two attached hydrogens (primary N) is 1. The van der Waals surface area contributed by atoms with Crippen LogP contribution in [0.2, 0.25) is 0 Å². The maximum Gasteiger partial charge on any atom is 0.124 e. The Balaban J connectivity index is 2.38. The molecule has 18 heavy (non-hydrogen) atoms. The minimum atomic E-state index is -0.346. The summed E-state index contributed by atoms with van der Waals surface area (Å²) in [5, 5.41) is 0. The van der Waals surface area contributed by atoms with Crippen LogP contribution in [0.25, 0.3) is 0 Å². The van der Waals surface area contributed by atoms with Crippen LogP contribution in [0.5, 0.6) is 5.75 Å². The van der Waals surface area contributed by atoms with Crippen LogP contribution in [0, 0.1) is 5.82 Å². The van der Waals surface area contributed by atoms with Crippen molar-refractivity contribution in [2.24, 2.45) is 5.73 Å². The van der Waals surface area contributed by atoms with E-state index >= 15 is 0 Å². The number of ether oxygens (including phenoxy) is 1. The Labute approximate surface area is 110 Å². The lowest BCUT2D eigenvalue weighted by Gasteiger charge is -2.14. The first kappa shape index (κ1) is 13.1. The number of thiophene rings is 1. The molecule has 2 rings (SSSR count). The van der Waals surface area contributed by atoms with Crippen molar-refractivity contribution >= 4 is 11.3 Å². The molecule has 0 fully saturated rings. The topological polar surface area (TPSA) is 35.2 Å². The molecule has 0 aliphatic rings. The van der Waals surface area contributed by atoms with Gasteiger partial charge in [-0.3, -0.25) is 0 Å². The van der Waals surface area contributed by atoms with Crippen LogP contribution in [0.1, 0.15) is 28.3 Å². The zero-order valence-corrected chi connectivity index (χ0v) is 11.3. The van der Waals surface area contributed by atoms with Crippen molar-refractivity contribution in [2.45, 2.75) is 19.4 Å². The van der Waals surface area contributed by atoms with Gasteiger partial charge in [-0.25, -0.2) is 4.39 Å². The van der Waals surface area contributed by atoms with E-state index in [2.05, 4.69) is 13.0 Å². The van der Waals surface area contributed by atoms with Gasteiger partial charge in [0.05, 0.1) is 13.2 Å². The predicted octanol–water partition coefficient (Wildman–Crippen LogP) is 3.51. The molecule has 1 unspecified atom stereocenters. The summed E-state index contributed by atoms with van der Waals surface area (Å²) in [7, 11) is 1.56. The fourth-order valence-corrected chi connectivity index (χ4v) is 2.83. The van der Waals surface area contributed by atoms with Gasteiger partial charge in [-0.05, 0) is 36.8 Å². The van der Waals surface area contributed by atoms with E-state index < -0.39 is 0 Å². The van der Waals surface area contributed by atoms with Gasteiger partial charge in [0.25, 0.3) is 0 Å². The Morgan fingerprint density at radius 1 is 1.33 bits per heavy atom. The van der Waals surface area contributed by atoms with Gasteiger partial charge in [-0.15, -0.1) is 11.3 Å². The number of benzene rings is 1. The monoisotopic (exact) mass is 265 g/mol. The SMILES string of the molecule is CCc1ccc(C(N)c2cc(F)ccc2OC)s1. The minimum absolute atomic E-state index is 0.298. The molecule has 0 bridgehead atoms. The highest BCUT2D eigenvalue weighted by Gasteiger charge is 2.16. The van der Waals surface area contributed by atoms with E-state index in [1.807, 2.05) is 6.07 Å². The van der Waals surface area contributed by atoms with E-state index in [1.54, 1.807) is 24.5 Å². The highest BCUT2D eigenvalue weighted by Crippen LogP contribution is 2.32. The Morgan fingerprint density at radius 2 is 2.11 bits per heavy atom. The molecule has 0 saturated heterocycles. The molecular formula is C14H16FNOS. The first-order chi connectivity index (χ1) is 8.65. The van der Waals surface area contributed by atoms with Crippen LogP contribution < -0.4 is 10.5 Å². The third-order valence-corrected chi connectivity index (χ3v) is 4.18. The average molecular weight is 265 g/mol. The molecule has 1 aromatic heterocycles. The molecule has 2 nitrogen and oxygen atoms in total. The molecule has 0 saturated carbocycles. The minimum Gasteiger partial charge on any atom is -0.496 e. The van der Waals surface area contributed by atoms with Crippen LogP contribution in [-0.4, -0.2) is 7.11 Å². The molecule has 0 amide bonds. The second-order valence-electron chi connectivity index (χ2n) is 4.02. The fourth-order valence-electron chi connectivity index (χ4n) is 1.85. The summed E-state index contributed by atoms with van der Waals surface area (Å²) in [6.45, 7) is 2.10. The number of hydrogen-bond acceptors (Lipinski definition) is 3. The van der Waals surface area contributed by atoms with Gasteiger partial charge in [-0.2, -0.15) is 0 Å². The van der Waals surface area contributed by atoms with Gasteiger partial charge in [-0.1, -0.05) is 6.92 Å². The lowest BCUT2D eigenvalue weighted by atomic mass is 10.0. The molecule has 4 heteroatoms. The molecule has 0 spiro atoms. The Bertz CT molecular complexity index is 538. The summed E-state index contributed by atoms with van der Waals surface area (Å²) in [5.74, 6) is 0.323. The van der Waals surface area contributed by atoms with E-state index in [9.17, 15) is 4.39 Å². The smallest absolute Gasteiger partial charge is 0.124 e. The number of rotatable bonds is 4. The summed E-state index contributed by atoms with van der Waals surface area (Å²) in [6.07, 6.45) is 0.984. The van der Waals surface area contributed by atoms with Crippen LogP contribution >= 0.6 is 11.3 Å². The van der Waals surface area contributed by atoms with Gasteiger partial charge in [0.2, 0.25) is 0 Å². The van der Waals surface area contributed by atoms with Crippen molar-refractivity contribution in [1.29, 1.82) is 0 Å². The number of methoxy groups -OCH3 is 1. The third-order valence-electron chi connectivity index (χ3n) is 2.86. The largest absolute Gasteiger partial charge is 0.496 e. The number of halogens is 1. The van der Waals surface area contributed by atoms with E-state index in [1.165, 1.54) is 17.0 Å². The normalized spacial score (nSPS) is 12.4. The van der Waals surface area contributed by atoms with Crippen LogP contribution in [-0.2, 0) is 6.42 Å². The third kappa shape index (κ3) is 2.54.